The Hall–Kier alpha value is -1.60. The van der Waals surface area contributed by atoms with E-state index in [4.69, 9.17) is 34.9 Å². The van der Waals surface area contributed by atoms with Crippen LogP contribution in [0.3, 0.4) is 0 Å². The molecule has 0 saturated carbocycles. The minimum absolute atomic E-state index is 1.03. The van der Waals surface area contributed by atoms with Gasteiger partial charge in [0.15, 0.2) is 1.41 Å². The zero-order valence-corrected chi connectivity index (χ0v) is 12.3. The summed E-state index contributed by atoms with van der Waals surface area (Å²) in [6, 6.07) is -6.57. The second-order valence-corrected chi connectivity index (χ2v) is 5.53. The normalized spacial score (nSPS) is 40.3. The fourth-order valence-electron chi connectivity index (χ4n) is 1.32. The van der Waals surface area contributed by atoms with Crippen molar-refractivity contribution in [3.63, 3.8) is 0 Å². The lowest BCUT2D eigenvalue weighted by Crippen LogP contribution is -2.34. The van der Waals surface area contributed by atoms with Gasteiger partial charge in [-0.05, 0) is 44.1 Å². The number of allylic oxidation sites excluding steroid dienone is 1. The van der Waals surface area contributed by atoms with Crippen LogP contribution >= 0.6 is 11.6 Å². The molecule has 1 aromatic carbocycles. The molecular weight excluding hydrogens is 345 g/mol. The first-order chi connectivity index (χ1) is 17.5. The van der Waals surface area contributed by atoms with Crippen molar-refractivity contribution in [3.05, 3.63) is 40.6 Å². The lowest BCUT2D eigenvalue weighted by atomic mass is 9.99. The standard InChI is InChI=1S/C15H17ClFNO4S/c1-2-22-15(19)11-5-3-4-6-14(11)23(20,21)18-13-8-7-10(17)9-12(13)16/h5,7-9,14,18H,2-4,6H2,1H3/t14-/m1/s1/i1D3,2D2,3D2,4D2,5D,6D2,7D,8D,9D,14D/hD. The van der Waals surface area contributed by atoms with E-state index in [-0.39, 0.29) is 0 Å². The number of benzene rings is 1. The van der Waals surface area contributed by atoms with E-state index in [2.05, 4.69) is 4.74 Å². The van der Waals surface area contributed by atoms with E-state index in [1.165, 1.54) is 0 Å². The molecule has 126 valence electrons. The van der Waals surface area contributed by atoms with Crippen molar-refractivity contribution in [1.29, 1.82) is 0 Å². The van der Waals surface area contributed by atoms with Crippen molar-refractivity contribution in [2.45, 2.75) is 31.2 Å². The van der Waals surface area contributed by atoms with E-state index in [9.17, 15) is 17.6 Å². The summed E-state index contributed by atoms with van der Waals surface area (Å²) >= 11 is 5.70. The number of carbonyl (C=O) groups excluding carboxylic acids is 1. The number of carbonyl (C=O) groups is 1. The van der Waals surface area contributed by atoms with Crippen LogP contribution in [0, 0.1) is 5.82 Å². The fraction of sp³-hybridized carbons (Fsp3) is 0.400. The first kappa shape index (κ1) is 5.74. The highest BCUT2D eigenvalue weighted by Gasteiger charge is 2.35. The van der Waals surface area contributed by atoms with Gasteiger partial charge in [-0.15, -0.1) is 0 Å². The van der Waals surface area contributed by atoms with Crippen LogP contribution in [0.15, 0.2) is 29.8 Å². The molecule has 0 radical (unpaired) electrons. The summed E-state index contributed by atoms with van der Waals surface area (Å²) in [7, 11) is -6.50. The summed E-state index contributed by atoms with van der Waals surface area (Å²) in [5.41, 5.74) is -3.85. The second-order valence-electron chi connectivity index (χ2n) is 3.61. The average molecular weight is 379 g/mol. The molecule has 5 nitrogen and oxygen atoms in total. The van der Waals surface area contributed by atoms with Gasteiger partial charge >= 0.3 is 5.97 Å². The largest absolute Gasteiger partial charge is 0.463 e. The second kappa shape index (κ2) is 7.31. The number of esters is 1. The number of rotatable bonds is 5. The van der Waals surface area contributed by atoms with Crippen LogP contribution in [0.5, 0.6) is 0 Å². The molecule has 0 heterocycles. The third kappa shape index (κ3) is 4.23. The van der Waals surface area contributed by atoms with E-state index in [0.717, 1.165) is 0 Å². The number of sulfonamides is 1. The van der Waals surface area contributed by atoms with E-state index < -0.39 is 105 Å². The van der Waals surface area contributed by atoms with Gasteiger partial charge in [0.2, 0.25) is 10.0 Å². The number of halogens is 2. The van der Waals surface area contributed by atoms with E-state index in [1.54, 1.807) is 0 Å². The topological polar surface area (TPSA) is 72.5 Å². The molecule has 0 saturated heterocycles. The first-order valence-corrected chi connectivity index (χ1v) is 7.25. The molecule has 1 aliphatic rings. The van der Waals surface area contributed by atoms with Crippen LogP contribution in [0.2, 0.25) is 6.43 Å². The highest BCUT2D eigenvalue weighted by molar-refractivity contribution is 7.93. The lowest BCUT2D eigenvalue weighted by Gasteiger charge is -2.24. The van der Waals surface area contributed by atoms with Gasteiger partial charge in [0.1, 0.15) is 11.0 Å². The van der Waals surface area contributed by atoms with Gasteiger partial charge in [0.25, 0.3) is 0 Å². The van der Waals surface area contributed by atoms with Crippen LogP contribution in [0.4, 0.5) is 10.1 Å². The highest BCUT2D eigenvalue weighted by Crippen LogP contribution is 2.30. The molecule has 0 aliphatic heterocycles. The van der Waals surface area contributed by atoms with Crippen LogP contribution in [0.25, 0.3) is 0 Å². The van der Waals surface area contributed by atoms with E-state index in [0.29, 0.717) is 0 Å². The lowest BCUT2D eigenvalue weighted by molar-refractivity contribution is -0.138. The Labute approximate surface area is 163 Å². The van der Waals surface area contributed by atoms with Gasteiger partial charge in [-0.3, -0.25) is 4.72 Å². The monoisotopic (exact) mass is 378 g/mol. The Morgan fingerprint density at radius 1 is 1.78 bits per heavy atom. The van der Waals surface area contributed by atoms with Crippen molar-refractivity contribution in [1.82, 2.24) is 0 Å². The van der Waals surface area contributed by atoms with Crippen LogP contribution in [-0.2, 0) is 19.6 Å². The van der Waals surface area contributed by atoms with Crippen molar-refractivity contribution in [2.24, 2.45) is 0 Å². The maximum atomic E-state index is 14.0. The van der Waals surface area contributed by atoms with Gasteiger partial charge in [-0.2, -0.15) is 0 Å². The molecule has 1 atom stereocenters. The molecule has 2 rings (SSSR count). The van der Waals surface area contributed by atoms with E-state index >= 15 is 0 Å². The summed E-state index contributed by atoms with van der Waals surface area (Å²) in [4.78, 5) is 13.0. The van der Waals surface area contributed by atoms with Gasteiger partial charge in [-0.1, -0.05) is 17.7 Å². The maximum absolute atomic E-state index is 14.0. The molecule has 0 unspecified atom stereocenters. The number of anilines is 1. The fourth-order valence-corrected chi connectivity index (χ4v) is 2.58. The van der Waals surface area contributed by atoms with Crippen LogP contribution in [0.1, 0.15) is 47.9 Å². The zero-order valence-electron chi connectivity index (χ0n) is 27.7. The summed E-state index contributed by atoms with van der Waals surface area (Å²) in [6.07, 6.45) is -12.7. The van der Waals surface area contributed by atoms with Gasteiger partial charge < -0.3 is 4.74 Å². The van der Waals surface area contributed by atoms with Crippen molar-refractivity contribution in [2.75, 3.05) is 11.3 Å². The Morgan fingerprint density at radius 3 is 3.30 bits per heavy atom. The Balaban J connectivity index is 3.07. The Kier molecular flexibility index (Phi) is 1.82. The minimum atomic E-state index is -6.50. The van der Waals surface area contributed by atoms with Crippen molar-refractivity contribution >= 4 is 33.3 Å². The minimum Gasteiger partial charge on any atom is -0.463 e. The number of ether oxygens (including phenoxy) is 1. The molecule has 0 spiro atoms. The smallest absolute Gasteiger partial charge is 0.335 e. The maximum Gasteiger partial charge on any atom is 0.335 e. The highest BCUT2D eigenvalue weighted by atomic mass is 35.5. The molecule has 23 heavy (non-hydrogen) atoms. The summed E-state index contributed by atoms with van der Waals surface area (Å²) < 4.78 is 176. The van der Waals surface area contributed by atoms with Crippen LogP contribution in [-0.4, -0.2) is 26.2 Å². The Bertz CT molecular complexity index is 1380. The molecule has 8 heteroatoms. The summed E-state index contributed by atoms with van der Waals surface area (Å²) in [6.45, 7) is -7.83. The predicted octanol–water partition coefficient (Wildman–Crippen LogP) is 3.26. The predicted molar refractivity (Wildman–Crippen MR) is 86.3 cm³/mol. The molecule has 0 aromatic heterocycles. The van der Waals surface area contributed by atoms with E-state index in [1.807, 2.05) is 0 Å². The summed E-state index contributed by atoms with van der Waals surface area (Å²) in [5, 5.41) is -6.06. The molecular formula is C15H17ClFNO4S. The quantitative estimate of drug-likeness (QED) is 0.798. The first-order valence-electron chi connectivity index (χ1n) is 13.9. The SMILES string of the molecule is [2H]C1=C(C(=O)OC([2H])([2H])C([2H])([2H])[2H])[C@]([2H])(S(=O)(=O)N([2H])c2c([2H])c([2H])c(F)c([2H])c2Cl)C([2H])([2H])C([2H])([2H])C1([2H])[2H]. The molecule has 1 aromatic rings. The van der Waals surface area contributed by atoms with Gasteiger partial charge in [0, 0.05) is 12.3 Å². The molecule has 1 aliphatic carbocycles. The van der Waals surface area contributed by atoms with Gasteiger partial charge in [-0.25, -0.2) is 17.6 Å². The van der Waals surface area contributed by atoms with Crippen molar-refractivity contribution in [3.8, 4) is 0 Å². The van der Waals surface area contributed by atoms with Gasteiger partial charge in [0.05, 0.1) is 32.4 Å². The van der Waals surface area contributed by atoms with Crippen molar-refractivity contribution < 1.29 is 45.7 Å². The molecule has 1 N–H and O–H groups in total. The Morgan fingerprint density at radius 2 is 2.57 bits per heavy atom. The molecule has 0 bridgehead atoms. The third-order valence-corrected chi connectivity index (χ3v) is 3.71. The average Bonchev–Trinajstić information content (AvgIpc) is 2.79. The third-order valence-electron chi connectivity index (χ3n) is 2.19. The molecule has 0 fully saturated rings. The summed E-state index contributed by atoms with van der Waals surface area (Å²) in [5.74, 6) is -4.37. The number of nitrogens with one attached hydrogen (secondary N) is 1. The zero-order chi connectivity index (χ0) is 32.0. The number of hydrogen-bond acceptors (Lipinski definition) is 4. The van der Waals surface area contributed by atoms with Crippen LogP contribution < -0.4 is 4.72 Å². The molecule has 0 amide bonds. The number of hydrogen-bond donors (Lipinski definition) is 1.